The number of nitriles is 1. The minimum absolute atomic E-state index is 0.686. The number of hydrogen-bond donors (Lipinski definition) is 0. The number of thiazole rings is 1. The fourth-order valence-corrected chi connectivity index (χ4v) is 3.79. The molecule has 1 aliphatic rings. The summed E-state index contributed by atoms with van der Waals surface area (Å²) >= 11 is 1.58. The Morgan fingerprint density at radius 3 is 2.86 bits per heavy atom. The highest BCUT2D eigenvalue weighted by molar-refractivity contribution is 7.11. The summed E-state index contributed by atoms with van der Waals surface area (Å²) in [6, 6.07) is 12.5. The average molecular weight is 294 g/mol. The second kappa shape index (κ2) is 6.24. The molecular formula is C18H18N2S. The minimum atomic E-state index is 0.686. The molecule has 0 aliphatic heterocycles. The van der Waals surface area contributed by atoms with E-state index in [1.807, 2.05) is 18.2 Å². The van der Waals surface area contributed by atoms with Crippen molar-refractivity contribution in [2.24, 2.45) is 5.92 Å². The number of allylic oxidation sites excluding steroid dienone is 2. The first-order valence-corrected chi connectivity index (χ1v) is 8.29. The third-order valence-electron chi connectivity index (χ3n) is 4.02. The van der Waals surface area contributed by atoms with E-state index in [4.69, 9.17) is 4.98 Å². The van der Waals surface area contributed by atoms with Crippen molar-refractivity contribution in [2.45, 2.75) is 32.6 Å². The molecule has 1 atom stereocenters. The maximum Gasteiger partial charge on any atom is 0.134 e. The number of rotatable bonds is 2. The molecule has 1 fully saturated rings. The third-order valence-corrected chi connectivity index (χ3v) is 4.88. The molecule has 1 heterocycles. The molecular weight excluding hydrogens is 276 g/mol. The molecule has 0 bridgehead atoms. The van der Waals surface area contributed by atoms with E-state index in [2.05, 4.69) is 30.5 Å². The summed E-state index contributed by atoms with van der Waals surface area (Å²) in [5.74, 6) is 0.686. The largest absolute Gasteiger partial charge is 0.235 e. The first kappa shape index (κ1) is 14.0. The number of hydrogen-bond acceptors (Lipinski definition) is 3. The van der Waals surface area contributed by atoms with Gasteiger partial charge in [0.05, 0.1) is 11.3 Å². The second-order valence-corrected chi connectivity index (χ2v) is 6.55. The van der Waals surface area contributed by atoms with E-state index < -0.39 is 0 Å². The van der Waals surface area contributed by atoms with Crippen molar-refractivity contribution in [1.29, 1.82) is 5.26 Å². The summed E-state index contributed by atoms with van der Waals surface area (Å²) in [4.78, 5) is 4.69. The third kappa shape index (κ3) is 3.06. The van der Waals surface area contributed by atoms with Crippen molar-refractivity contribution in [3.63, 3.8) is 0 Å². The standard InChI is InChI=1S/C18H18N2S/c1-13-6-5-9-15(10-13)16(11-19)18-20-17(12-21-18)14-7-3-2-4-8-14/h2-4,7-8,12-13H,5-6,9-10H2,1H3/b16-15-/t13-/m0/s1. The van der Waals surface area contributed by atoms with Crippen LogP contribution in [0, 0.1) is 17.2 Å². The smallest absolute Gasteiger partial charge is 0.134 e. The van der Waals surface area contributed by atoms with Gasteiger partial charge < -0.3 is 0 Å². The van der Waals surface area contributed by atoms with Gasteiger partial charge in [0.15, 0.2) is 0 Å². The molecule has 106 valence electrons. The van der Waals surface area contributed by atoms with Crippen molar-refractivity contribution in [3.8, 4) is 17.3 Å². The molecule has 0 unspecified atom stereocenters. The lowest BCUT2D eigenvalue weighted by Crippen LogP contribution is -2.06. The van der Waals surface area contributed by atoms with Crippen molar-refractivity contribution in [1.82, 2.24) is 4.98 Å². The Kier molecular flexibility index (Phi) is 4.17. The Labute approximate surface area is 129 Å². The highest BCUT2D eigenvalue weighted by Gasteiger charge is 2.19. The highest BCUT2D eigenvalue weighted by atomic mass is 32.1. The van der Waals surface area contributed by atoms with Gasteiger partial charge in [-0.1, -0.05) is 43.7 Å². The van der Waals surface area contributed by atoms with Crippen LogP contribution in [0.25, 0.3) is 16.8 Å². The first-order valence-electron chi connectivity index (χ1n) is 7.41. The van der Waals surface area contributed by atoms with Crippen molar-refractivity contribution in [3.05, 3.63) is 46.3 Å². The van der Waals surface area contributed by atoms with Gasteiger partial charge in [-0.25, -0.2) is 4.98 Å². The van der Waals surface area contributed by atoms with Gasteiger partial charge in [-0.15, -0.1) is 11.3 Å². The van der Waals surface area contributed by atoms with E-state index in [9.17, 15) is 5.26 Å². The van der Waals surface area contributed by atoms with E-state index >= 15 is 0 Å². The summed E-state index contributed by atoms with van der Waals surface area (Å²) in [6.07, 6.45) is 4.56. The predicted octanol–water partition coefficient (Wildman–Crippen LogP) is 5.30. The lowest BCUT2D eigenvalue weighted by molar-refractivity contribution is 0.454. The van der Waals surface area contributed by atoms with E-state index in [1.54, 1.807) is 11.3 Å². The molecule has 0 radical (unpaired) electrons. The van der Waals surface area contributed by atoms with Gasteiger partial charge in [-0.3, -0.25) is 0 Å². The quantitative estimate of drug-likeness (QED) is 0.705. The molecule has 3 rings (SSSR count). The van der Waals surface area contributed by atoms with Gasteiger partial charge >= 0.3 is 0 Å². The molecule has 1 aromatic carbocycles. The fourth-order valence-electron chi connectivity index (χ4n) is 2.92. The fraction of sp³-hybridized carbons (Fsp3) is 0.333. The van der Waals surface area contributed by atoms with Gasteiger partial charge in [-0.2, -0.15) is 5.26 Å². The lowest BCUT2D eigenvalue weighted by Gasteiger charge is -2.21. The van der Waals surface area contributed by atoms with Crippen molar-refractivity contribution in [2.75, 3.05) is 0 Å². The van der Waals surface area contributed by atoms with Gasteiger partial charge in [0, 0.05) is 10.9 Å². The Hall–Kier alpha value is -1.92. The van der Waals surface area contributed by atoms with Crippen LogP contribution in [0.3, 0.4) is 0 Å². The SMILES string of the molecule is C[C@H]1CCC/C(=C(\C#N)c2nc(-c3ccccc3)cs2)C1. The van der Waals surface area contributed by atoms with Gasteiger partial charge in [0.25, 0.3) is 0 Å². The van der Waals surface area contributed by atoms with Crippen LogP contribution in [0.15, 0.2) is 41.3 Å². The zero-order valence-electron chi connectivity index (χ0n) is 12.2. The molecule has 1 aliphatic carbocycles. The molecule has 0 N–H and O–H groups in total. The van der Waals surface area contributed by atoms with Crippen LogP contribution in [0.5, 0.6) is 0 Å². The molecule has 1 aromatic heterocycles. The zero-order chi connectivity index (χ0) is 14.7. The highest BCUT2D eigenvalue weighted by Crippen LogP contribution is 2.35. The van der Waals surface area contributed by atoms with Crippen LogP contribution < -0.4 is 0 Å². The first-order chi connectivity index (χ1) is 10.3. The van der Waals surface area contributed by atoms with Crippen molar-refractivity contribution >= 4 is 16.9 Å². The number of aromatic nitrogens is 1. The van der Waals surface area contributed by atoms with E-state index in [-0.39, 0.29) is 0 Å². The average Bonchev–Trinajstić information content (AvgIpc) is 2.99. The van der Waals surface area contributed by atoms with Crippen LogP contribution in [0.1, 0.15) is 37.6 Å². The Balaban J connectivity index is 1.95. The maximum atomic E-state index is 9.56. The summed E-state index contributed by atoms with van der Waals surface area (Å²) in [5.41, 5.74) is 4.19. The molecule has 0 amide bonds. The molecule has 2 nitrogen and oxygen atoms in total. The maximum absolute atomic E-state index is 9.56. The van der Waals surface area contributed by atoms with Gasteiger partial charge in [-0.05, 0) is 30.8 Å². The van der Waals surface area contributed by atoms with Crippen LogP contribution in [0.2, 0.25) is 0 Å². The summed E-state index contributed by atoms with van der Waals surface area (Å²) in [7, 11) is 0. The zero-order valence-corrected chi connectivity index (χ0v) is 13.0. The van der Waals surface area contributed by atoms with Gasteiger partial charge in [0.1, 0.15) is 11.1 Å². The Morgan fingerprint density at radius 1 is 1.33 bits per heavy atom. The second-order valence-electron chi connectivity index (χ2n) is 5.70. The van der Waals surface area contributed by atoms with E-state index in [0.717, 1.165) is 34.7 Å². The van der Waals surface area contributed by atoms with Crippen LogP contribution in [0.4, 0.5) is 0 Å². The van der Waals surface area contributed by atoms with Crippen LogP contribution in [-0.2, 0) is 0 Å². The number of benzene rings is 1. The summed E-state index contributed by atoms with van der Waals surface area (Å²) < 4.78 is 0. The lowest BCUT2D eigenvalue weighted by atomic mass is 9.84. The molecule has 0 saturated heterocycles. The summed E-state index contributed by atoms with van der Waals surface area (Å²) in [6.45, 7) is 2.27. The Morgan fingerprint density at radius 2 is 2.14 bits per heavy atom. The molecule has 3 heteroatoms. The van der Waals surface area contributed by atoms with Crippen LogP contribution >= 0.6 is 11.3 Å². The van der Waals surface area contributed by atoms with Crippen molar-refractivity contribution < 1.29 is 0 Å². The molecule has 2 aromatic rings. The normalized spacial score (nSPS) is 20.9. The monoisotopic (exact) mass is 294 g/mol. The number of nitrogens with zero attached hydrogens (tertiary/aromatic N) is 2. The Bertz CT molecular complexity index is 692. The van der Waals surface area contributed by atoms with Gasteiger partial charge in [0.2, 0.25) is 0 Å². The van der Waals surface area contributed by atoms with E-state index in [0.29, 0.717) is 5.92 Å². The summed E-state index contributed by atoms with van der Waals surface area (Å²) in [5, 5.41) is 12.5. The predicted molar refractivity (Wildman–Crippen MR) is 87.7 cm³/mol. The topological polar surface area (TPSA) is 36.7 Å². The van der Waals surface area contributed by atoms with E-state index in [1.165, 1.54) is 18.4 Å². The molecule has 0 spiro atoms. The molecule has 21 heavy (non-hydrogen) atoms. The van der Waals surface area contributed by atoms with Crippen LogP contribution in [-0.4, -0.2) is 4.98 Å². The molecule has 1 saturated carbocycles. The minimum Gasteiger partial charge on any atom is -0.235 e.